The van der Waals surface area contributed by atoms with E-state index in [1.807, 2.05) is 6.07 Å². The largest absolute Gasteiger partial charge is 0.436 e. The van der Waals surface area contributed by atoms with Gasteiger partial charge in [-0.1, -0.05) is 12.1 Å². The van der Waals surface area contributed by atoms with Crippen molar-refractivity contribution in [2.75, 3.05) is 5.73 Å². The molecule has 96 valence electrons. The summed E-state index contributed by atoms with van der Waals surface area (Å²) in [6.07, 6.45) is 5.08. The molecule has 0 aliphatic carbocycles. The molecule has 19 heavy (non-hydrogen) atoms. The van der Waals surface area contributed by atoms with E-state index in [-0.39, 0.29) is 6.61 Å². The van der Waals surface area contributed by atoms with Gasteiger partial charge in [0, 0.05) is 12.4 Å². The minimum absolute atomic E-state index is 0.0413. The number of nitrogen functional groups attached to an aromatic ring is 1. The van der Waals surface area contributed by atoms with Crippen LogP contribution in [0.15, 0.2) is 42.9 Å². The third kappa shape index (κ3) is 2.21. The summed E-state index contributed by atoms with van der Waals surface area (Å²) in [5.74, 6) is 1.26. The van der Waals surface area contributed by atoms with E-state index in [9.17, 15) is 0 Å². The van der Waals surface area contributed by atoms with E-state index >= 15 is 0 Å². The van der Waals surface area contributed by atoms with E-state index in [2.05, 4.69) is 9.97 Å². The fraction of sp³-hybridized carbons (Fsp3) is 0.0769. The number of aromatic nitrogens is 3. The number of nitrogens with two attached hydrogens (primary N) is 1. The van der Waals surface area contributed by atoms with Crippen LogP contribution in [0.2, 0.25) is 0 Å². The van der Waals surface area contributed by atoms with Gasteiger partial charge in [-0.05, 0) is 17.7 Å². The molecular formula is C13H12N4O2. The van der Waals surface area contributed by atoms with Crippen molar-refractivity contribution >= 4 is 11.5 Å². The topological polar surface area (TPSA) is 85.7 Å². The van der Waals surface area contributed by atoms with Crippen molar-refractivity contribution in [3.8, 4) is 11.6 Å². The number of imidazole rings is 1. The van der Waals surface area contributed by atoms with Crippen molar-refractivity contribution in [3.63, 3.8) is 0 Å². The van der Waals surface area contributed by atoms with Gasteiger partial charge in [-0.2, -0.15) is 4.98 Å². The highest BCUT2D eigenvalue weighted by atomic mass is 16.5. The number of anilines is 1. The zero-order valence-electron chi connectivity index (χ0n) is 10.0. The fourth-order valence-electron chi connectivity index (χ4n) is 1.81. The molecule has 0 amide bonds. The molecule has 3 rings (SSSR count). The Morgan fingerprint density at radius 3 is 3.11 bits per heavy atom. The van der Waals surface area contributed by atoms with E-state index in [0.29, 0.717) is 23.1 Å². The van der Waals surface area contributed by atoms with Gasteiger partial charge in [0.2, 0.25) is 5.65 Å². The van der Waals surface area contributed by atoms with E-state index in [1.165, 1.54) is 0 Å². The van der Waals surface area contributed by atoms with E-state index in [1.54, 1.807) is 41.2 Å². The van der Waals surface area contributed by atoms with Crippen LogP contribution in [0.5, 0.6) is 11.6 Å². The molecule has 1 aromatic carbocycles. The molecule has 6 heteroatoms. The number of nitrogens with zero attached hydrogens (tertiary/aromatic N) is 3. The summed E-state index contributed by atoms with van der Waals surface area (Å²) in [4.78, 5) is 8.30. The lowest BCUT2D eigenvalue weighted by Crippen LogP contribution is -1.99. The number of hydrogen-bond donors (Lipinski definition) is 2. The maximum absolute atomic E-state index is 9.10. The van der Waals surface area contributed by atoms with Crippen molar-refractivity contribution in [3.05, 3.63) is 48.4 Å². The SMILES string of the molecule is Nc1cn2ccnc2c(Oc2cccc(CO)c2)n1. The van der Waals surface area contributed by atoms with Crippen LogP contribution in [0.1, 0.15) is 5.56 Å². The summed E-state index contributed by atoms with van der Waals surface area (Å²) in [6.45, 7) is -0.0413. The van der Waals surface area contributed by atoms with Gasteiger partial charge < -0.3 is 15.6 Å². The zero-order chi connectivity index (χ0) is 13.2. The average Bonchev–Trinajstić information content (AvgIpc) is 2.87. The predicted octanol–water partition coefficient (Wildman–Crippen LogP) is 1.60. The van der Waals surface area contributed by atoms with Crippen LogP contribution in [0, 0.1) is 0 Å². The number of rotatable bonds is 3. The first-order valence-electron chi connectivity index (χ1n) is 5.73. The van der Waals surface area contributed by atoms with Crippen LogP contribution in [-0.2, 0) is 6.61 Å². The summed E-state index contributed by atoms with van der Waals surface area (Å²) >= 11 is 0. The minimum Gasteiger partial charge on any atom is -0.436 e. The molecule has 0 radical (unpaired) electrons. The molecule has 0 spiro atoms. The summed E-state index contributed by atoms with van der Waals surface area (Å²) in [5.41, 5.74) is 7.07. The number of fused-ring (bicyclic) bond motifs is 1. The normalized spacial score (nSPS) is 10.8. The summed E-state index contributed by atoms with van der Waals surface area (Å²) in [6, 6.07) is 7.13. The van der Waals surface area contributed by atoms with Crippen LogP contribution in [0.4, 0.5) is 5.82 Å². The first kappa shape index (κ1) is 11.5. The highest BCUT2D eigenvalue weighted by Crippen LogP contribution is 2.24. The van der Waals surface area contributed by atoms with E-state index in [4.69, 9.17) is 15.6 Å². The number of ether oxygens (including phenoxy) is 1. The van der Waals surface area contributed by atoms with Gasteiger partial charge in [0.1, 0.15) is 11.6 Å². The minimum atomic E-state index is -0.0413. The quantitative estimate of drug-likeness (QED) is 0.743. The third-order valence-corrected chi connectivity index (χ3v) is 2.66. The lowest BCUT2D eigenvalue weighted by molar-refractivity contribution is 0.281. The lowest BCUT2D eigenvalue weighted by Gasteiger charge is -2.07. The average molecular weight is 256 g/mol. The Morgan fingerprint density at radius 1 is 1.37 bits per heavy atom. The molecule has 0 aliphatic heterocycles. The molecule has 0 saturated carbocycles. The summed E-state index contributed by atoms with van der Waals surface area (Å²) < 4.78 is 7.43. The fourth-order valence-corrected chi connectivity index (χ4v) is 1.81. The van der Waals surface area contributed by atoms with Crippen LogP contribution in [0.25, 0.3) is 5.65 Å². The number of aliphatic hydroxyl groups is 1. The second-order valence-electron chi connectivity index (χ2n) is 4.04. The van der Waals surface area contributed by atoms with Crippen molar-refractivity contribution in [2.45, 2.75) is 6.61 Å². The maximum atomic E-state index is 9.10. The van der Waals surface area contributed by atoms with Gasteiger partial charge >= 0.3 is 0 Å². The number of hydrogen-bond acceptors (Lipinski definition) is 5. The Kier molecular flexibility index (Phi) is 2.77. The molecule has 0 atom stereocenters. The summed E-state index contributed by atoms with van der Waals surface area (Å²) in [7, 11) is 0. The van der Waals surface area contributed by atoms with Gasteiger partial charge in [-0.3, -0.25) is 4.40 Å². The third-order valence-electron chi connectivity index (χ3n) is 2.66. The molecule has 0 fully saturated rings. The molecule has 0 bridgehead atoms. The Bertz CT molecular complexity index is 723. The van der Waals surface area contributed by atoms with Gasteiger partial charge in [-0.25, -0.2) is 4.98 Å². The first-order valence-corrected chi connectivity index (χ1v) is 5.73. The molecule has 3 aromatic rings. The molecule has 2 heterocycles. The second-order valence-corrected chi connectivity index (χ2v) is 4.04. The predicted molar refractivity (Wildman–Crippen MR) is 69.8 cm³/mol. The molecule has 2 aromatic heterocycles. The van der Waals surface area contributed by atoms with Crippen LogP contribution in [-0.4, -0.2) is 19.5 Å². The van der Waals surface area contributed by atoms with Crippen molar-refractivity contribution in [1.29, 1.82) is 0 Å². The molecule has 6 nitrogen and oxygen atoms in total. The van der Waals surface area contributed by atoms with Gasteiger partial charge in [0.05, 0.1) is 12.8 Å². The van der Waals surface area contributed by atoms with E-state index < -0.39 is 0 Å². The highest BCUT2D eigenvalue weighted by Gasteiger charge is 2.08. The van der Waals surface area contributed by atoms with Crippen molar-refractivity contribution < 1.29 is 9.84 Å². The zero-order valence-corrected chi connectivity index (χ0v) is 10.0. The second kappa shape index (κ2) is 4.58. The lowest BCUT2D eigenvalue weighted by atomic mass is 10.2. The Morgan fingerprint density at radius 2 is 2.26 bits per heavy atom. The van der Waals surface area contributed by atoms with Crippen LogP contribution >= 0.6 is 0 Å². The van der Waals surface area contributed by atoms with Crippen molar-refractivity contribution in [1.82, 2.24) is 14.4 Å². The molecular weight excluding hydrogens is 244 g/mol. The van der Waals surface area contributed by atoms with Gasteiger partial charge in [0.15, 0.2) is 0 Å². The van der Waals surface area contributed by atoms with Gasteiger partial charge in [-0.15, -0.1) is 0 Å². The van der Waals surface area contributed by atoms with Gasteiger partial charge in [0.25, 0.3) is 5.88 Å². The van der Waals surface area contributed by atoms with E-state index in [0.717, 1.165) is 5.56 Å². The summed E-state index contributed by atoms with van der Waals surface area (Å²) in [5, 5.41) is 9.10. The number of aliphatic hydroxyl groups excluding tert-OH is 1. The molecule has 0 unspecified atom stereocenters. The number of benzene rings is 1. The maximum Gasteiger partial charge on any atom is 0.265 e. The first-order chi connectivity index (χ1) is 9.26. The Balaban J connectivity index is 2.02. The Labute approximate surface area is 109 Å². The molecule has 0 aliphatic rings. The highest BCUT2D eigenvalue weighted by molar-refractivity contribution is 5.54. The van der Waals surface area contributed by atoms with Crippen LogP contribution in [0.3, 0.4) is 0 Å². The van der Waals surface area contributed by atoms with Crippen molar-refractivity contribution in [2.24, 2.45) is 0 Å². The smallest absolute Gasteiger partial charge is 0.265 e. The Hall–Kier alpha value is -2.60. The molecule has 0 saturated heterocycles. The standard InChI is InChI=1S/C13H12N4O2/c14-11-7-17-5-4-15-12(17)13(16-11)19-10-3-1-2-9(6-10)8-18/h1-7,18H,8,14H2. The molecule has 3 N–H and O–H groups in total. The monoisotopic (exact) mass is 256 g/mol. The van der Waals surface area contributed by atoms with Crippen LogP contribution < -0.4 is 10.5 Å².